The Kier molecular flexibility index (Phi) is 6.55. The summed E-state index contributed by atoms with van der Waals surface area (Å²) in [6.07, 6.45) is 4.83. The number of ether oxygens (including phenoxy) is 1. The second-order valence-corrected chi connectivity index (χ2v) is 10.6. The number of benzene rings is 1. The maximum absolute atomic E-state index is 12.9. The third-order valence-electron chi connectivity index (χ3n) is 6.51. The average Bonchev–Trinajstić information content (AvgIpc) is 3.65. The summed E-state index contributed by atoms with van der Waals surface area (Å²) < 4.78 is 14.0. The van der Waals surface area contributed by atoms with Gasteiger partial charge in [0, 0.05) is 54.7 Å². The van der Waals surface area contributed by atoms with Gasteiger partial charge in [-0.3, -0.25) is 4.98 Å². The van der Waals surface area contributed by atoms with E-state index < -0.39 is 6.09 Å². The molecule has 1 aliphatic heterocycles. The highest BCUT2D eigenvalue weighted by molar-refractivity contribution is 7.19. The van der Waals surface area contributed by atoms with Crippen LogP contribution in [0.5, 0.6) is 5.88 Å². The highest BCUT2D eigenvalue weighted by Crippen LogP contribution is 2.32. The summed E-state index contributed by atoms with van der Waals surface area (Å²) in [5.41, 5.74) is 2.81. The van der Waals surface area contributed by atoms with E-state index in [0.717, 1.165) is 53.1 Å². The number of rotatable bonds is 6. The number of piperidine rings is 1. The second-order valence-electron chi connectivity index (χ2n) is 8.91. The van der Waals surface area contributed by atoms with Gasteiger partial charge in [-0.1, -0.05) is 35.0 Å². The molecular weight excluding hydrogens is 510 g/mol. The maximum Gasteiger partial charge on any atom is 0.414 e. The molecular formula is C27H24ClN5O3S. The molecule has 0 unspecified atom stereocenters. The van der Waals surface area contributed by atoms with E-state index in [4.69, 9.17) is 20.9 Å². The van der Waals surface area contributed by atoms with Crippen molar-refractivity contribution < 1.29 is 14.1 Å². The van der Waals surface area contributed by atoms with Crippen molar-refractivity contribution in [1.29, 1.82) is 0 Å². The fraction of sp³-hybridized carbons (Fsp3) is 0.222. The zero-order valence-corrected chi connectivity index (χ0v) is 21.4. The van der Waals surface area contributed by atoms with Gasteiger partial charge in [0.25, 0.3) is 0 Å². The van der Waals surface area contributed by atoms with E-state index >= 15 is 0 Å². The van der Waals surface area contributed by atoms with E-state index in [0.29, 0.717) is 22.5 Å². The van der Waals surface area contributed by atoms with E-state index in [1.54, 1.807) is 12.4 Å². The quantitative estimate of drug-likeness (QED) is 0.279. The van der Waals surface area contributed by atoms with Gasteiger partial charge >= 0.3 is 6.09 Å². The molecule has 1 amide bonds. The van der Waals surface area contributed by atoms with Crippen LogP contribution < -0.4 is 15.0 Å². The number of halogens is 1. The van der Waals surface area contributed by atoms with E-state index in [1.165, 1.54) is 11.3 Å². The molecule has 1 N–H and O–H groups in total. The van der Waals surface area contributed by atoms with Crippen LogP contribution in [0, 0.1) is 0 Å². The first-order valence-electron chi connectivity index (χ1n) is 12.1. The van der Waals surface area contributed by atoms with Crippen molar-refractivity contribution in [2.75, 3.05) is 18.0 Å². The SMILES string of the molecule is O=C(NC1CCN(c2ccncc2)CC1)Oc1cc2ccccc2n1Cc1cc(-c2ccc(Cl)s2)on1. The predicted octanol–water partition coefficient (Wildman–Crippen LogP) is 6.21. The van der Waals surface area contributed by atoms with Gasteiger partial charge < -0.3 is 24.0 Å². The van der Waals surface area contributed by atoms with Crippen molar-refractivity contribution in [3.63, 3.8) is 0 Å². The number of hydrogen-bond acceptors (Lipinski definition) is 7. The molecule has 0 aliphatic carbocycles. The fourth-order valence-corrected chi connectivity index (χ4v) is 5.66. The summed E-state index contributed by atoms with van der Waals surface area (Å²) in [6, 6.07) is 19.5. The topological polar surface area (TPSA) is 85.4 Å². The number of carbonyl (C=O) groups excluding carboxylic acids is 1. The first-order chi connectivity index (χ1) is 18.1. The Bertz CT molecular complexity index is 1520. The van der Waals surface area contributed by atoms with Crippen LogP contribution in [0.25, 0.3) is 21.5 Å². The van der Waals surface area contributed by atoms with E-state index in [9.17, 15) is 4.79 Å². The van der Waals surface area contributed by atoms with Crippen LogP contribution >= 0.6 is 22.9 Å². The molecule has 6 rings (SSSR count). The smallest absolute Gasteiger partial charge is 0.393 e. The molecule has 0 saturated carbocycles. The number of pyridine rings is 1. The standard InChI is InChI=1S/C27H24ClN5O3S/c28-25-6-5-24(37-25)23-16-20(31-36-23)17-33-22-4-2-1-3-18(22)15-26(33)35-27(34)30-19-9-13-32(14-10-19)21-7-11-29-12-8-21/h1-8,11-12,15-16,19H,9-10,13-14,17H2,(H,30,34). The number of amides is 1. The molecule has 0 atom stereocenters. The van der Waals surface area contributed by atoms with Crippen LogP contribution in [-0.2, 0) is 6.54 Å². The third kappa shape index (κ3) is 5.19. The van der Waals surface area contributed by atoms with Crippen molar-refractivity contribution in [2.24, 2.45) is 0 Å². The lowest BCUT2D eigenvalue weighted by Crippen LogP contribution is -2.45. The van der Waals surface area contributed by atoms with E-state index in [1.807, 2.05) is 65.2 Å². The Labute approximate surface area is 222 Å². The highest BCUT2D eigenvalue weighted by atomic mass is 35.5. The van der Waals surface area contributed by atoms with Gasteiger partial charge in [0.05, 0.1) is 21.3 Å². The number of fused-ring (bicyclic) bond motifs is 1. The van der Waals surface area contributed by atoms with Gasteiger partial charge in [-0.15, -0.1) is 11.3 Å². The molecule has 1 aliphatic rings. The molecule has 0 bridgehead atoms. The van der Waals surface area contributed by atoms with Gasteiger partial charge in [-0.2, -0.15) is 0 Å². The molecule has 0 spiro atoms. The zero-order valence-electron chi connectivity index (χ0n) is 19.8. The van der Waals surface area contributed by atoms with Gasteiger partial charge in [-0.05, 0) is 43.2 Å². The summed E-state index contributed by atoms with van der Waals surface area (Å²) in [4.78, 5) is 20.2. The number of hydrogen-bond donors (Lipinski definition) is 1. The van der Waals surface area contributed by atoms with Crippen LogP contribution in [0.1, 0.15) is 18.5 Å². The van der Waals surface area contributed by atoms with Gasteiger partial charge in [0.1, 0.15) is 5.69 Å². The number of para-hydroxylation sites is 1. The fourth-order valence-electron chi connectivity index (χ4n) is 4.67. The molecule has 5 heterocycles. The molecule has 5 aromatic rings. The van der Waals surface area contributed by atoms with Gasteiger partial charge in [0.15, 0.2) is 5.76 Å². The number of aromatic nitrogens is 3. The van der Waals surface area contributed by atoms with Crippen LogP contribution in [0.3, 0.4) is 0 Å². The first kappa shape index (κ1) is 23.6. The molecule has 8 nitrogen and oxygen atoms in total. The van der Waals surface area contributed by atoms with Gasteiger partial charge in [0.2, 0.25) is 5.88 Å². The maximum atomic E-state index is 12.9. The Morgan fingerprint density at radius 2 is 1.92 bits per heavy atom. The zero-order chi connectivity index (χ0) is 25.2. The Morgan fingerprint density at radius 3 is 2.70 bits per heavy atom. The van der Waals surface area contributed by atoms with Crippen molar-refractivity contribution in [3.05, 3.63) is 83.1 Å². The van der Waals surface area contributed by atoms with Crippen molar-refractivity contribution in [1.82, 2.24) is 20.0 Å². The summed E-state index contributed by atoms with van der Waals surface area (Å²) in [7, 11) is 0. The number of carbonyl (C=O) groups is 1. The normalized spacial score (nSPS) is 14.2. The summed E-state index contributed by atoms with van der Waals surface area (Å²) in [5.74, 6) is 1.11. The van der Waals surface area contributed by atoms with Crippen molar-refractivity contribution in [2.45, 2.75) is 25.4 Å². The first-order valence-corrected chi connectivity index (χ1v) is 13.2. The summed E-state index contributed by atoms with van der Waals surface area (Å²) >= 11 is 7.50. The second kappa shape index (κ2) is 10.3. The number of nitrogens with one attached hydrogen (secondary N) is 1. The molecule has 188 valence electrons. The average molecular weight is 534 g/mol. The number of anilines is 1. The molecule has 4 aromatic heterocycles. The summed E-state index contributed by atoms with van der Waals surface area (Å²) in [6.45, 7) is 2.11. The lowest BCUT2D eigenvalue weighted by molar-refractivity contribution is 0.190. The summed E-state index contributed by atoms with van der Waals surface area (Å²) in [5, 5.41) is 8.25. The Balaban J connectivity index is 1.14. The molecule has 1 saturated heterocycles. The van der Waals surface area contributed by atoms with Crippen LogP contribution in [0.4, 0.5) is 10.5 Å². The van der Waals surface area contributed by atoms with Crippen molar-refractivity contribution >= 4 is 45.6 Å². The molecule has 0 radical (unpaired) electrons. The molecule has 1 fully saturated rings. The molecule has 10 heteroatoms. The highest BCUT2D eigenvalue weighted by Gasteiger charge is 2.23. The Morgan fingerprint density at radius 1 is 1.11 bits per heavy atom. The van der Waals surface area contributed by atoms with E-state index in [-0.39, 0.29) is 6.04 Å². The van der Waals surface area contributed by atoms with Crippen LogP contribution in [0.15, 0.2) is 77.6 Å². The Hall–Kier alpha value is -3.82. The third-order valence-corrected chi connectivity index (χ3v) is 7.76. The molecule has 37 heavy (non-hydrogen) atoms. The van der Waals surface area contributed by atoms with E-state index in [2.05, 4.69) is 20.4 Å². The lowest BCUT2D eigenvalue weighted by Gasteiger charge is -2.33. The largest absolute Gasteiger partial charge is 0.414 e. The van der Waals surface area contributed by atoms with Crippen LogP contribution in [-0.4, -0.2) is 39.9 Å². The van der Waals surface area contributed by atoms with Gasteiger partial charge in [-0.25, -0.2) is 4.79 Å². The minimum Gasteiger partial charge on any atom is -0.393 e. The monoisotopic (exact) mass is 533 g/mol. The van der Waals surface area contributed by atoms with Crippen LogP contribution in [0.2, 0.25) is 4.34 Å². The predicted molar refractivity (Wildman–Crippen MR) is 144 cm³/mol. The minimum absolute atomic E-state index is 0.0548. The lowest BCUT2D eigenvalue weighted by atomic mass is 10.0. The molecule has 1 aromatic carbocycles. The number of nitrogens with zero attached hydrogens (tertiary/aromatic N) is 4. The number of thiophene rings is 1. The van der Waals surface area contributed by atoms with Crippen molar-refractivity contribution in [3.8, 4) is 16.5 Å². The minimum atomic E-state index is -0.458.